The molecule has 1 aromatic heterocycles. The highest BCUT2D eigenvalue weighted by Gasteiger charge is 2.08. The zero-order valence-electron chi connectivity index (χ0n) is 13.0. The fourth-order valence-corrected chi connectivity index (χ4v) is 2.51. The highest BCUT2D eigenvalue weighted by Crippen LogP contribution is 2.27. The van der Waals surface area contributed by atoms with Crippen molar-refractivity contribution < 1.29 is 38.4 Å². The average Bonchev–Trinajstić information content (AvgIpc) is 2.56. The molecule has 0 atom stereocenters. The average molecular weight is 419 g/mol. The molecule has 0 bridgehead atoms. The SMILES string of the molecule is COc1cc(C=Cc2ccc3ccccc3[n+]2C)ccc1O.[I-]. The highest BCUT2D eigenvalue weighted by atomic mass is 127. The van der Waals surface area contributed by atoms with Crippen molar-refractivity contribution >= 4 is 23.1 Å². The minimum atomic E-state index is 0. The van der Waals surface area contributed by atoms with E-state index < -0.39 is 0 Å². The van der Waals surface area contributed by atoms with Gasteiger partial charge < -0.3 is 33.8 Å². The molecule has 0 amide bonds. The lowest BCUT2D eigenvalue weighted by molar-refractivity contribution is -0.646. The number of para-hydroxylation sites is 1. The summed E-state index contributed by atoms with van der Waals surface area (Å²) in [7, 11) is 3.60. The Hall–Kier alpha value is -2.08. The van der Waals surface area contributed by atoms with Crippen LogP contribution in [0.1, 0.15) is 11.3 Å². The summed E-state index contributed by atoms with van der Waals surface area (Å²) in [6.07, 6.45) is 4.06. The molecule has 3 nitrogen and oxygen atoms in total. The van der Waals surface area contributed by atoms with E-state index in [1.807, 2.05) is 30.3 Å². The molecule has 0 fully saturated rings. The third-order valence-corrected chi connectivity index (χ3v) is 3.77. The summed E-state index contributed by atoms with van der Waals surface area (Å²) in [6, 6.07) is 17.8. The number of rotatable bonds is 3. The van der Waals surface area contributed by atoms with Crippen LogP contribution in [-0.4, -0.2) is 12.2 Å². The molecule has 1 N–H and O–H groups in total. The molecule has 2 aromatic carbocycles. The number of benzene rings is 2. The summed E-state index contributed by atoms with van der Waals surface area (Å²) in [6.45, 7) is 0. The molecular weight excluding hydrogens is 401 g/mol. The van der Waals surface area contributed by atoms with Gasteiger partial charge in [0.15, 0.2) is 11.5 Å². The van der Waals surface area contributed by atoms with E-state index in [1.54, 1.807) is 13.2 Å². The lowest BCUT2D eigenvalue weighted by Crippen LogP contribution is -3.00. The zero-order chi connectivity index (χ0) is 15.5. The zero-order valence-corrected chi connectivity index (χ0v) is 15.2. The number of ether oxygens (including phenoxy) is 1. The molecule has 3 aromatic rings. The Morgan fingerprint density at radius 1 is 1.00 bits per heavy atom. The molecule has 4 heteroatoms. The molecule has 0 saturated carbocycles. The van der Waals surface area contributed by atoms with E-state index in [2.05, 4.69) is 42.0 Å². The van der Waals surface area contributed by atoms with Crippen molar-refractivity contribution in [3.8, 4) is 11.5 Å². The first-order valence-corrected chi connectivity index (χ1v) is 7.12. The van der Waals surface area contributed by atoms with Crippen molar-refractivity contribution in [2.24, 2.45) is 7.05 Å². The Labute approximate surface area is 152 Å². The first-order chi connectivity index (χ1) is 10.7. The molecule has 23 heavy (non-hydrogen) atoms. The lowest BCUT2D eigenvalue weighted by atomic mass is 10.1. The maximum absolute atomic E-state index is 9.63. The summed E-state index contributed by atoms with van der Waals surface area (Å²) in [5, 5.41) is 10.8. The fourth-order valence-electron chi connectivity index (χ4n) is 2.51. The fraction of sp³-hybridized carbons (Fsp3) is 0.105. The Morgan fingerprint density at radius 2 is 1.78 bits per heavy atom. The van der Waals surface area contributed by atoms with Crippen molar-refractivity contribution in [3.05, 3.63) is 65.9 Å². The minimum absolute atomic E-state index is 0. The molecule has 118 valence electrons. The van der Waals surface area contributed by atoms with Crippen molar-refractivity contribution in [3.63, 3.8) is 0 Å². The van der Waals surface area contributed by atoms with Crippen molar-refractivity contribution in [2.45, 2.75) is 0 Å². The van der Waals surface area contributed by atoms with Gasteiger partial charge in [-0.25, -0.2) is 0 Å². The number of phenols is 1. The van der Waals surface area contributed by atoms with E-state index >= 15 is 0 Å². The molecule has 0 unspecified atom stereocenters. The number of hydrogen-bond acceptors (Lipinski definition) is 2. The third kappa shape index (κ3) is 3.64. The lowest BCUT2D eigenvalue weighted by Gasteiger charge is -2.03. The number of halogens is 1. The van der Waals surface area contributed by atoms with Crippen LogP contribution >= 0.6 is 0 Å². The van der Waals surface area contributed by atoms with Crippen molar-refractivity contribution in [1.29, 1.82) is 0 Å². The highest BCUT2D eigenvalue weighted by molar-refractivity contribution is 5.77. The van der Waals surface area contributed by atoms with E-state index in [-0.39, 0.29) is 29.7 Å². The molecule has 0 aliphatic carbocycles. The van der Waals surface area contributed by atoms with E-state index in [9.17, 15) is 5.11 Å². The van der Waals surface area contributed by atoms with Gasteiger partial charge in [-0.05, 0) is 35.9 Å². The Kier molecular flexibility index (Phi) is 5.60. The normalized spacial score (nSPS) is 10.7. The van der Waals surface area contributed by atoms with E-state index in [0.29, 0.717) is 5.75 Å². The number of aryl methyl sites for hydroxylation is 1. The first kappa shape index (κ1) is 17.3. The predicted molar refractivity (Wildman–Crippen MR) is 88.7 cm³/mol. The molecule has 3 rings (SSSR count). The Bertz CT molecular complexity index is 859. The molecule has 0 spiro atoms. The summed E-state index contributed by atoms with van der Waals surface area (Å²) < 4.78 is 7.29. The number of hydrogen-bond donors (Lipinski definition) is 1. The van der Waals surface area contributed by atoms with Crippen LogP contribution in [-0.2, 0) is 7.05 Å². The van der Waals surface area contributed by atoms with Crippen LogP contribution in [0.2, 0.25) is 0 Å². The number of fused-ring (bicyclic) bond motifs is 1. The quantitative estimate of drug-likeness (QED) is 0.497. The van der Waals surface area contributed by atoms with Crippen molar-refractivity contribution in [2.75, 3.05) is 7.11 Å². The standard InChI is InChI=1S/C19H17NO2.HI/c1-20-16(11-9-15-5-3-4-6-17(15)20)10-7-14-8-12-18(21)19(13-14)22-2;/h3-13H,1-2H3;1H. The van der Waals surface area contributed by atoms with Gasteiger partial charge in [-0.1, -0.05) is 18.2 Å². The maximum Gasteiger partial charge on any atom is 0.212 e. The molecule has 0 radical (unpaired) electrons. The molecule has 1 heterocycles. The molecule has 0 aliphatic heterocycles. The largest absolute Gasteiger partial charge is 1.00 e. The topological polar surface area (TPSA) is 33.3 Å². The smallest absolute Gasteiger partial charge is 0.212 e. The van der Waals surface area contributed by atoms with Gasteiger partial charge in [0.05, 0.1) is 7.11 Å². The van der Waals surface area contributed by atoms with Crippen molar-refractivity contribution in [1.82, 2.24) is 0 Å². The van der Waals surface area contributed by atoms with Crippen LogP contribution in [0.5, 0.6) is 11.5 Å². The minimum Gasteiger partial charge on any atom is -1.00 e. The van der Waals surface area contributed by atoms with Crippen LogP contribution in [0.15, 0.2) is 54.6 Å². The molecular formula is C19H18INO2. The number of aromatic hydroxyl groups is 1. The third-order valence-electron chi connectivity index (χ3n) is 3.77. The number of phenolic OH excluding ortho intramolecular Hbond substituents is 1. The second-order valence-corrected chi connectivity index (χ2v) is 5.14. The second-order valence-electron chi connectivity index (χ2n) is 5.14. The maximum atomic E-state index is 9.63. The Balaban J connectivity index is 0.00000192. The summed E-state index contributed by atoms with van der Waals surface area (Å²) in [5.74, 6) is 0.626. The number of methoxy groups -OCH3 is 1. The van der Waals surface area contributed by atoms with E-state index in [0.717, 1.165) is 11.3 Å². The van der Waals surface area contributed by atoms with Gasteiger partial charge in [0, 0.05) is 23.6 Å². The monoisotopic (exact) mass is 419 g/mol. The van der Waals surface area contributed by atoms with Gasteiger partial charge >= 0.3 is 0 Å². The Morgan fingerprint density at radius 3 is 2.57 bits per heavy atom. The van der Waals surface area contributed by atoms with E-state index in [4.69, 9.17) is 4.74 Å². The number of aromatic nitrogens is 1. The van der Waals surface area contributed by atoms with Gasteiger partial charge in [0.25, 0.3) is 0 Å². The molecule has 0 aliphatic rings. The molecule has 0 saturated heterocycles. The van der Waals surface area contributed by atoms with Crippen LogP contribution in [0.3, 0.4) is 0 Å². The van der Waals surface area contributed by atoms with Crippen LogP contribution < -0.4 is 33.3 Å². The van der Waals surface area contributed by atoms with Gasteiger partial charge in [-0.15, -0.1) is 0 Å². The predicted octanol–water partition coefficient (Wildman–Crippen LogP) is 0.553. The summed E-state index contributed by atoms with van der Waals surface area (Å²) in [5.41, 5.74) is 3.27. The van der Waals surface area contributed by atoms with Crippen LogP contribution in [0, 0.1) is 0 Å². The van der Waals surface area contributed by atoms with E-state index in [1.165, 1.54) is 10.9 Å². The summed E-state index contributed by atoms with van der Waals surface area (Å²) in [4.78, 5) is 0. The summed E-state index contributed by atoms with van der Waals surface area (Å²) >= 11 is 0. The number of pyridine rings is 1. The van der Waals surface area contributed by atoms with Gasteiger partial charge in [0.2, 0.25) is 11.2 Å². The number of nitrogens with zero attached hydrogens (tertiary/aromatic N) is 1. The van der Waals surface area contributed by atoms with Gasteiger partial charge in [-0.3, -0.25) is 0 Å². The second kappa shape index (κ2) is 7.46. The van der Waals surface area contributed by atoms with Gasteiger partial charge in [0.1, 0.15) is 7.05 Å². The first-order valence-electron chi connectivity index (χ1n) is 7.12. The van der Waals surface area contributed by atoms with Crippen LogP contribution in [0.25, 0.3) is 23.1 Å². The van der Waals surface area contributed by atoms with Gasteiger partial charge in [-0.2, -0.15) is 4.57 Å². The van der Waals surface area contributed by atoms with Crippen LogP contribution in [0.4, 0.5) is 0 Å².